The number of carboxylic acid groups (broad SMARTS) is 1. The summed E-state index contributed by atoms with van der Waals surface area (Å²) in [5.41, 5.74) is 4.75. The maximum atomic E-state index is 11.8. The van der Waals surface area contributed by atoms with Gasteiger partial charge in [-0.1, -0.05) is 55.0 Å². The second-order valence-electron chi connectivity index (χ2n) is 5.36. The lowest BCUT2D eigenvalue weighted by atomic mass is 9.95. The van der Waals surface area contributed by atoms with Gasteiger partial charge in [-0.25, -0.2) is 9.78 Å². The third-order valence-electron chi connectivity index (χ3n) is 3.89. The minimum absolute atomic E-state index is 0.365. The van der Waals surface area contributed by atoms with Crippen LogP contribution in [0.4, 0.5) is 0 Å². The van der Waals surface area contributed by atoms with E-state index in [1.54, 1.807) is 0 Å². The molecular formula is C19H17NO2. The first-order valence-electron chi connectivity index (χ1n) is 7.33. The lowest BCUT2D eigenvalue weighted by Gasteiger charge is -2.14. The Labute approximate surface area is 129 Å². The molecule has 0 unspecified atom stereocenters. The fourth-order valence-corrected chi connectivity index (χ4v) is 2.79. The number of benzene rings is 2. The minimum Gasteiger partial charge on any atom is -0.478 e. The van der Waals surface area contributed by atoms with Crippen molar-refractivity contribution >= 4 is 16.9 Å². The topological polar surface area (TPSA) is 50.2 Å². The van der Waals surface area contributed by atoms with E-state index in [9.17, 15) is 9.90 Å². The molecule has 3 rings (SSSR count). The van der Waals surface area contributed by atoms with Gasteiger partial charge in [0.05, 0.1) is 16.8 Å². The molecule has 1 N–H and O–H groups in total. The highest BCUT2D eigenvalue weighted by atomic mass is 16.4. The van der Waals surface area contributed by atoms with Crippen molar-refractivity contribution in [2.45, 2.75) is 20.3 Å². The molecule has 0 aliphatic heterocycles. The van der Waals surface area contributed by atoms with Gasteiger partial charge < -0.3 is 5.11 Å². The Morgan fingerprint density at radius 3 is 2.41 bits per heavy atom. The molecule has 1 heterocycles. The summed E-state index contributed by atoms with van der Waals surface area (Å²) in [5.74, 6) is -0.899. The van der Waals surface area contributed by atoms with E-state index in [0.717, 1.165) is 16.8 Å². The van der Waals surface area contributed by atoms with Crippen molar-refractivity contribution in [1.29, 1.82) is 0 Å². The van der Waals surface area contributed by atoms with Gasteiger partial charge in [-0.2, -0.15) is 0 Å². The molecule has 0 bridgehead atoms. The molecule has 0 aliphatic carbocycles. The zero-order valence-corrected chi connectivity index (χ0v) is 12.6. The normalized spacial score (nSPS) is 10.8. The van der Waals surface area contributed by atoms with Crippen LogP contribution in [0.1, 0.15) is 28.4 Å². The van der Waals surface area contributed by atoms with Crippen LogP contribution in [0.15, 0.2) is 48.5 Å². The second-order valence-corrected chi connectivity index (χ2v) is 5.36. The summed E-state index contributed by atoms with van der Waals surface area (Å²) in [7, 11) is 0. The average molecular weight is 291 g/mol. The number of hydrogen-bond donors (Lipinski definition) is 1. The Kier molecular flexibility index (Phi) is 3.63. The highest BCUT2D eigenvalue weighted by Gasteiger charge is 2.19. The van der Waals surface area contributed by atoms with Crippen LogP contribution in [0.25, 0.3) is 22.2 Å². The number of aromatic nitrogens is 1. The highest BCUT2D eigenvalue weighted by molar-refractivity contribution is 6.05. The van der Waals surface area contributed by atoms with Crippen molar-refractivity contribution in [2.24, 2.45) is 0 Å². The molecule has 22 heavy (non-hydrogen) atoms. The van der Waals surface area contributed by atoms with Gasteiger partial charge in [0.15, 0.2) is 0 Å². The summed E-state index contributed by atoms with van der Waals surface area (Å²) in [5, 5.41) is 10.4. The molecule has 3 nitrogen and oxygen atoms in total. The molecule has 0 amide bonds. The lowest BCUT2D eigenvalue weighted by Crippen LogP contribution is -2.07. The van der Waals surface area contributed by atoms with E-state index >= 15 is 0 Å². The van der Waals surface area contributed by atoms with Gasteiger partial charge in [-0.3, -0.25) is 0 Å². The number of rotatable bonds is 3. The van der Waals surface area contributed by atoms with E-state index in [1.165, 1.54) is 5.56 Å². The predicted octanol–water partition coefficient (Wildman–Crippen LogP) is 4.47. The van der Waals surface area contributed by atoms with Gasteiger partial charge in [-0.15, -0.1) is 0 Å². The molecule has 0 saturated heterocycles. The van der Waals surface area contributed by atoms with E-state index in [2.05, 4.69) is 0 Å². The van der Waals surface area contributed by atoms with Gasteiger partial charge >= 0.3 is 5.97 Å². The molecule has 0 radical (unpaired) electrons. The fourth-order valence-electron chi connectivity index (χ4n) is 2.79. The Morgan fingerprint density at radius 2 is 1.77 bits per heavy atom. The third kappa shape index (κ3) is 2.35. The molecule has 0 fully saturated rings. The molecule has 110 valence electrons. The molecule has 2 aromatic carbocycles. The third-order valence-corrected chi connectivity index (χ3v) is 3.89. The first kappa shape index (κ1) is 14.3. The number of aromatic carboxylic acids is 1. The van der Waals surface area contributed by atoms with Crippen LogP contribution in [0.3, 0.4) is 0 Å². The number of nitrogens with zero attached hydrogens (tertiary/aromatic N) is 1. The van der Waals surface area contributed by atoms with Crippen LogP contribution in [-0.4, -0.2) is 16.1 Å². The molecule has 0 aliphatic rings. The second kappa shape index (κ2) is 5.60. The quantitative estimate of drug-likeness (QED) is 0.774. The van der Waals surface area contributed by atoms with Crippen LogP contribution in [-0.2, 0) is 6.42 Å². The number of fused-ring (bicyclic) bond motifs is 1. The summed E-state index contributed by atoms with van der Waals surface area (Å²) in [6.07, 6.45) is 0.628. The summed E-state index contributed by atoms with van der Waals surface area (Å²) in [4.78, 5) is 16.5. The Morgan fingerprint density at radius 1 is 1.09 bits per heavy atom. The highest BCUT2D eigenvalue weighted by Crippen LogP contribution is 2.30. The van der Waals surface area contributed by atoms with Crippen LogP contribution >= 0.6 is 0 Å². The summed E-state index contributed by atoms with van der Waals surface area (Å²) < 4.78 is 0. The molecule has 0 saturated carbocycles. The van der Waals surface area contributed by atoms with Crippen LogP contribution in [0.5, 0.6) is 0 Å². The van der Waals surface area contributed by atoms with E-state index in [-0.39, 0.29) is 0 Å². The summed E-state index contributed by atoms with van der Waals surface area (Å²) >= 11 is 0. The fraction of sp³-hybridized carbons (Fsp3) is 0.158. The number of carbonyl (C=O) groups is 1. The van der Waals surface area contributed by atoms with E-state index in [0.29, 0.717) is 22.9 Å². The van der Waals surface area contributed by atoms with Gasteiger partial charge in [0, 0.05) is 10.9 Å². The van der Waals surface area contributed by atoms with E-state index in [4.69, 9.17) is 4.98 Å². The average Bonchev–Trinajstić information content (AvgIpc) is 2.53. The molecule has 0 atom stereocenters. The number of carboxylic acids is 1. The molecule has 3 heteroatoms. The predicted molar refractivity (Wildman–Crippen MR) is 88.3 cm³/mol. The van der Waals surface area contributed by atoms with Crippen LogP contribution < -0.4 is 0 Å². The first-order chi connectivity index (χ1) is 10.6. The number of para-hydroxylation sites is 1. The van der Waals surface area contributed by atoms with Crippen LogP contribution in [0.2, 0.25) is 0 Å². The maximum Gasteiger partial charge on any atom is 0.336 e. The smallest absolute Gasteiger partial charge is 0.336 e. The Hall–Kier alpha value is -2.68. The van der Waals surface area contributed by atoms with Gasteiger partial charge in [0.1, 0.15) is 0 Å². The number of pyridine rings is 1. The zero-order valence-electron chi connectivity index (χ0n) is 12.6. The first-order valence-corrected chi connectivity index (χ1v) is 7.33. The SMILES string of the molecule is CCc1c(-c2ccc(C)cc2)nc2ccccc2c1C(=O)O. The standard InChI is InChI=1S/C19H17NO2/c1-3-14-17(19(21)22)15-6-4-5-7-16(15)20-18(14)13-10-8-12(2)9-11-13/h4-11H,3H2,1-2H3,(H,21,22). The van der Waals surface area contributed by atoms with E-state index < -0.39 is 5.97 Å². The van der Waals surface area contributed by atoms with Gasteiger partial charge in [0.25, 0.3) is 0 Å². The summed E-state index contributed by atoms with van der Waals surface area (Å²) in [6, 6.07) is 15.4. The van der Waals surface area contributed by atoms with Crippen molar-refractivity contribution in [2.75, 3.05) is 0 Å². The number of aryl methyl sites for hydroxylation is 1. The Balaban J connectivity index is 2.39. The van der Waals surface area contributed by atoms with Crippen LogP contribution in [0, 0.1) is 6.92 Å². The monoisotopic (exact) mass is 291 g/mol. The molecule has 3 aromatic rings. The van der Waals surface area contributed by atoms with Gasteiger partial charge in [-0.05, 0) is 25.0 Å². The molecular weight excluding hydrogens is 274 g/mol. The maximum absolute atomic E-state index is 11.8. The Bertz CT molecular complexity index is 851. The molecule has 0 spiro atoms. The van der Waals surface area contributed by atoms with Crippen molar-refractivity contribution in [1.82, 2.24) is 4.98 Å². The molecule has 1 aromatic heterocycles. The van der Waals surface area contributed by atoms with Crippen molar-refractivity contribution in [3.63, 3.8) is 0 Å². The number of hydrogen-bond acceptors (Lipinski definition) is 2. The van der Waals surface area contributed by atoms with Crippen molar-refractivity contribution < 1.29 is 9.90 Å². The zero-order chi connectivity index (χ0) is 15.7. The van der Waals surface area contributed by atoms with Crippen molar-refractivity contribution in [3.8, 4) is 11.3 Å². The van der Waals surface area contributed by atoms with E-state index in [1.807, 2.05) is 62.4 Å². The summed E-state index contributed by atoms with van der Waals surface area (Å²) in [6.45, 7) is 4.00. The lowest BCUT2D eigenvalue weighted by molar-refractivity contribution is 0.0698. The largest absolute Gasteiger partial charge is 0.478 e. The van der Waals surface area contributed by atoms with Crippen molar-refractivity contribution in [3.05, 3.63) is 65.2 Å². The van der Waals surface area contributed by atoms with Gasteiger partial charge in [0.2, 0.25) is 0 Å². The minimum atomic E-state index is -0.899.